The van der Waals surface area contributed by atoms with Crippen molar-refractivity contribution in [2.75, 3.05) is 0 Å². The van der Waals surface area contributed by atoms with E-state index >= 15 is 0 Å². The molecule has 0 bridgehead atoms. The maximum atomic E-state index is 12.2. The van der Waals surface area contributed by atoms with Crippen LogP contribution in [0.5, 0.6) is 0 Å². The zero-order valence-corrected chi connectivity index (χ0v) is 8.29. The molecule has 0 radical (unpaired) electrons. The zero-order chi connectivity index (χ0) is 12.5. The normalized spacial score (nSPS) is 13.6. The van der Waals surface area contributed by atoms with Crippen molar-refractivity contribution in [1.29, 1.82) is 0 Å². The fourth-order valence-electron chi connectivity index (χ4n) is 1.09. The molecule has 0 saturated heterocycles. The first-order valence-corrected chi connectivity index (χ1v) is 4.30. The first-order chi connectivity index (χ1) is 7.23. The number of hydrogen-bond acceptors (Lipinski definition) is 3. The van der Waals surface area contributed by atoms with Gasteiger partial charge in [-0.2, -0.15) is 13.2 Å². The summed E-state index contributed by atoms with van der Waals surface area (Å²) in [6, 6.07) is 2.61. The molecule has 0 spiro atoms. The highest BCUT2D eigenvalue weighted by Crippen LogP contribution is 2.37. The Morgan fingerprint density at radius 1 is 1.44 bits per heavy atom. The molecule has 88 valence electrons. The lowest BCUT2D eigenvalue weighted by Gasteiger charge is -2.14. The number of alkyl halides is 3. The summed E-state index contributed by atoms with van der Waals surface area (Å²) >= 11 is 5.41. The Kier molecular flexibility index (Phi) is 3.39. The largest absolute Gasteiger partial charge is 0.418 e. The molecule has 0 aliphatic rings. The number of benzene rings is 1. The van der Waals surface area contributed by atoms with Gasteiger partial charge in [0.25, 0.3) is 5.69 Å². The Bertz CT molecular complexity index is 421. The van der Waals surface area contributed by atoms with E-state index in [1.54, 1.807) is 0 Å². The fraction of sp³-hybridized carbons (Fsp3) is 0.250. The monoisotopic (exact) mass is 255 g/mol. The number of nitro benzene ring substituents is 1. The molecule has 1 aromatic rings. The number of aliphatic hydroxyl groups excluding tert-OH is 1. The molecular weight excluding hydrogens is 251 g/mol. The van der Waals surface area contributed by atoms with Gasteiger partial charge in [0.15, 0.2) is 6.10 Å². The molecule has 1 aromatic carbocycles. The highest BCUT2D eigenvalue weighted by Gasteiger charge is 2.42. The zero-order valence-electron chi connectivity index (χ0n) is 7.53. The molecule has 1 atom stereocenters. The van der Waals surface area contributed by atoms with Gasteiger partial charge < -0.3 is 5.11 Å². The van der Waals surface area contributed by atoms with Gasteiger partial charge in [0, 0.05) is 11.1 Å². The van der Waals surface area contributed by atoms with Crippen molar-refractivity contribution in [3.8, 4) is 0 Å². The van der Waals surface area contributed by atoms with Crippen LogP contribution >= 0.6 is 11.6 Å². The van der Waals surface area contributed by atoms with E-state index in [1.807, 2.05) is 0 Å². The van der Waals surface area contributed by atoms with Crippen molar-refractivity contribution in [3.63, 3.8) is 0 Å². The highest BCUT2D eigenvalue weighted by molar-refractivity contribution is 6.30. The minimum absolute atomic E-state index is 0.121. The number of aliphatic hydroxyl groups is 1. The number of nitro groups is 1. The van der Waals surface area contributed by atoms with Crippen LogP contribution in [0.15, 0.2) is 18.2 Å². The first-order valence-electron chi connectivity index (χ1n) is 3.92. The second-order valence-corrected chi connectivity index (χ2v) is 3.34. The van der Waals surface area contributed by atoms with Crippen molar-refractivity contribution in [2.24, 2.45) is 0 Å². The van der Waals surface area contributed by atoms with Crippen molar-refractivity contribution < 1.29 is 23.2 Å². The van der Waals surface area contributed by atoms with Gasteiger partial charge in [-0.25, -0.2) is 0 Å². The SMILES string of the molecule is O=[N+]([O-])c1ccc(Cl)cc1[C@@H](O)C(F)(F)F. The van der Waals surface area contributed by atoms with Gasteiger partial charge in [-0.05, 0) is 12.1 Å². The third-order valence-electron chi connectivity index (χ3n) is 1.79. The van der Waals surface area contributed by atoms with Crippen LogP contribution in [0.4, 0.5) is 18.9 Å². The third kappa shape index (κ3) is 2.61. The quantitative estimate of drug-likeness (QED) is 0.653. The summed E-state index contributed by atoms with van der Waals surface area (Å²) < 4.78 is 36.6. The molecule has 16 heavy (non-hydrogen) atoms. The van der Waals surface area contributed by atoms with Crippen molar-refractivity contribution >= 4 is 17.3 Å². The lowest BCUT2D eigenvalue weighted by Crippen LogP contribution is -2.21. The molecule has 1 rings (SSSR count). The summed E-state index contributed by atoms with van der Waals surface area (Å²) in [6.07, 6.45) is -7.90. The van der Waals surface area contributed by atoms with Crippen molar-refractivity contribution in [1.82, 2.24) is 0 Å². The number of rotatable bonds is 2. The Hall–Kier alpha value is -1.34. The summed E-state index contributed by atoms with van der Waals surface area (Å²) in [5, 5.41) is 19.3. The van der Waals surface area contributed by atoms with E-state index in [2.05, 4.69) is 0 Å². The highest BCUT2D eigenvalue weighted by atomic mass is 35.5. The van der Waals surface area contributed by atoms with Gasteiger partial charge in [0.05, 0.1) is 10.5 Å². The summed E-state index contributed by atoms with van der Waals surface area (Å²) in [6.45, 7) is 0. The molecule has 1 N–H and O–H groups in total. The number of nitrogens with zero attached hydrogens (tertiary/aromatic N) is 1. The van der Waals surface area contributed by atoms with Crippen LogP contribution < -0.4 is 0 Å². The average molecular weight is 256 g/mol. The molecule has 0 saturated carbocycles. The molecule has 0 amide bonds. The molecule has 0 heterocycles. The average Bonchev–Trinajstić information content (AvgIpc) is 2.14. The van der Waals surface area contributed by atoms with Crippen LogP contribution in [0.3, 0.4) is 0 Å². The van der Waals surface area contributed by atoms with E-state index in [9.17, 15) is 23.3 Å². The number of halogens is 4. The standard InChI is InChI=1S/C8H5ClF3NO3/c9-4-1-2-6(13(15)16)5(3-4)7(14)8(10,11)12/h1-3,7,14H/t7-/m1/s1. The Labute approximate surface area is 92.4 Å². The summed E-state index contributed by atoms with van der Waals surface area (Å²) in [4.78, 5) is 9.44. The topological polar surface area (TPSA) is 63.4 Å². The second-order valence-electron chi connectivity index (χ2n) is 2.90. The Balaban J connectivity index is 3.30. The van der Waals surface area contributed by atoms with Crippen LogP contribution in [0.1, 0.15) is 11.7 Å². The van der Waals surface area contributed by atoms with E-state index in [4.69, 9.17) is 16.7 Å². The van der Waals surface area contributed by atoms with Crippen LogP contribution in [-0.2, 0) is 0 Å². The van der Waals surface area contributed by atoms with E-state index in [0.29, 0.717) is 0 Å². The first kappa shape index (κ1) is 12.7. The van der Waals surface area contributed by atoms with Crippen molar-refractivity contribution in [3.05, 3.63) is 38.9 Å². The van der Waals surface area contributed by atoms with Gasteiger partial charge in [0.2, 0.25) is 0 Å². The van der Waals surface area contributed by atoms with Gasteiger partial charge >= 0.3 is 6.18 Å². The third-order valence-corrected chi connectivity index (χ3v) is 2.03. The van der Waals surface area contributed by atoms with E-state index < -0.39 is 28.5 Å². The molecule has 0 unspecified atom stereocenters. The Morgan fingerprint density at radius 2 is 2.00 bits per heavy atom. The molecule has 0 aliphatic carbocycles. The van der Waals surface area contributed by atoms with Gasteiger partial charge in [-0.3, -0.25) is 10.1 Å². The lowest BCUT2D eigenvalue weighted by atomic mass is 10.1. The summed E-state index contributed by atoms with van der Waals surface area (Å²) in [5.74, 6) is 0. The van der Waals surface area contributed by atoms with Crippen molar-refractivity contribution in [2.45, 2.75) is 12.3 Å². The molecule has 0 aliphatic heterocycles. The summed E-state index contributed by atoms with van der Waals surface area (Å²) in [7, 11) is 0. The van der Waals surface area contributed by atoms with Crippen LogP contribution in [-0.4, -0.2) is 16.2 Å². The van der Waals surface area contributed by atoms with Crippen LogP contribution in [0.25, 0.3) is 0 Å². The number of hydrogen-bond donors (Lipinski definition) is 1. The van der Waals surface area contributed by atoms with E-state index in [-0.39, 0.29) is 5.02 Å². The molecular formula is C8H5ClF3NO3. The minimum Gasteiger partial charge on any atom is -0.379 e. The maximum Gasteiger partial charge on any atom is 0.418 e. The summed E-state index contributed by atoms with van der Waals surface area (Å²) in [5.41, 5.74) is -1.70. The predicted octanol–water partition coefficient (Wildman–Crippen LogP) is 2.84. The Morgan fingerprint density at radius 3 is 2.44 bits per heavy atom. The van der Waals surface area contributed by atoms with Gasteiger partial charge in [-0.1, -0.05) is 11.6 Å². The van der Waals surface area contributed by atoms with Gasteiger partial charge in [-0.15, -0.1) is 0 Å². The fourth-order valence-corrected chi connectivity index (χ4v) is 1.27. The minimum atomic E-state index is -4.98. The smallest absolute Gasteiger partial charge is 0.379 e. The van der Waals surface area contributed by atoms with E-state index in [1.165, 1.54) is 0 Å². The van der Waals surface area contributed by atoms with E-state index in [0.717, 1.165) is 18.2 Å². The molecule has 0 fully saturated rings. The van der Waals surface area contributed by atoms with Crippen LogP contribution in [0.2, 0.25) is 5.02 Å². The second kappa shape index (κ2) is 4.26. The van der Waals surface area contributed by atoms with Crippen LogP contribution in [0, 0.1) is 10.1 Å². The lowest BCUT2D eigenvalue weighted by molar-refractivity contribution is -0.387. The predicted molar refractivity (Wildman–Crippen MR) is 49.1 cm³/mol. The maximum absolute atomic E-state index is 12.2. The van der Waals surface area contributed by atoms with Gasteiger partial charge in [0.1, 0.15) is 0 Å². The molecule has 0 aromatic heterocycles. The molecule has 4 nitrogen and oxygen atoms in total. The molecule has 8 heteroatoms.